The number of rotatable bonds is 2. The summed E-state index contributed by atoms with van der Waals surface area (Å²) in [4.78, 5) is 12.2. The van der Waals surface area contributed by atoms with Crippen molar-refractivity contribution in [3.05, 3.63) is 51.2 Å². The SMILES string of the molecule is Cc1ccc(C#CCO)c(NC(=O)c2cscc2C)c1. The number of carbonyl (C=O) groups is 1. The number of aliphatic hydroxyl groups is 1. The van der Waals surface area contributed by atoms with Crippen LogP contribution in [0.1, 0.15) is 27.0 Å². The zero-order valence-electron chi connectivity index (χ0n) is 11.4. The molecule has 2 N–H and O–H groups in total. The molecule has 0 saturated carbocycles. The molecule has 2 aromatic rings. The van der Waals surface area contributed by atoms with Crippen molar-refractivity contribution in [3.63, 3.8) is 0 Å². The van der Waals surface area contributed by atoms with E-state index >= 15 is 0 Å². The smallest absolute Gasteiger partial charge is 0.256 e. The molecule has 0 saturated heterocycles. The summed E-state index contributed by atoms with van der Waals surface area (Å²) in [5.74, 6) is 5.31. The normalized spacial score (nSPS) is 9.75. The highest BCUT2D eigenvalue weighted by atomic mass is 32.1. The van der Waals surface area contributed by atoms with Crippen LogP contribution < -0.4 is 5.32 Å². The zero-order chi connectivity index (χ0) is 14.5. The summed E-state index contributed by atoms with van der Waals surface area (Å²) in [7, 11) is 0. The predicted molar refractivity (Wildman–Crippen MR) is 82.2 cm³/mol. The van der Waals surface area contributed by atoms with E-state index in [-0.39, 0.29) is 12.5 Å². The van der Waals surface area contributed by atoms with Gasteiger partial charge < -0.3 is 10.4 Å². The van der Waals surface area contributed by atoms with Crippen molar-refractivity contribution in [1.82, 2.24) is 0 Å². The van der Waals surface area contributed by atoms with E-state index in [0.717, 1.165) is 11.1 Å². The number of hydrogen-bond acceptors (Lipinski definition) is 3. The summed E-state index contributed by atoms with van der Waals surface area (Å²) in [6.07, 6.45) is 0. The molecule has 0 fully saturated rings. The van der Waals surface area contributed by atoms with Gasteiger partial charge in [0.2, 0.25) is 0 Å². The summed E-state index contributed by atoms with van der Waals surface area (Å²) in [5, 5.41) is 15.4. The number of carbonyl (C=O) groups excluding carboxylic acids is 1. The third kappa shape index (κ3) is 3.27. The number of amides is 1. The molecule has 1 amide bonds. The summed E-state index contributed by atoms with van der Waals surface area (Å²) < 4.78 is 0. The zero-order valence-corrected chi connectivity index (χ0v) is 12.2. The fourth-order valence-electron chi connectivity index (χ4n) is 1.79. The second-order valence-corrected chi connectivity index (χ2v) is 5.18. The van der Waals surface area contributed by atoms with Gasteiger partial charge in [-0.3, -0.25) is 4.79 Å². The first-order valence-electron chi connectivity index (χ1n) is 6.16. The molecule has 2 rings (SSSR count). The highest BCUT2D eigenvalue weighted by Crippen LogP contribution is 2.20. The van der Waals surface area contributed by atoms with Gasteiger partial charge in [-0.15, -0.1) is 0 Å². The van der Waals surface area contributed by atoms with E-state index in [0.29, 0.717) is 16.8 Å². The minimum absolute atomic E-state index is 0.138. The van der Waals surface area contributed by atoms with Crippen molar-refractivity contribution in [3.8, 4) is 11.8 Å². The van der Waals surface area contributed by atoms with Crippen LogP contribution in [-0.2, 0) is 0 Å². The van der Waals surface area contributed by atoms with E-state index in [9.17, 15) is 4.79 Å². The summed E-state index contributed by atoms with van der Waals surface area (Å²) in [6, 6.07) is 5.64. The maximum Gasteiger partial charge on any atom is 0.256 e. The van der Waals surface area contributed by atoms with E-state index in [2.05, 4.69) is 17.2 Å². The molecule has 0 aliphatic heterocycles. The highest BCUT2D eigenvalue weighted by molar-refractivity contribution is 7.08. The lowest BCUT2D eigenvalue weighted by atomic mass is 10.1. The van der Waals surface area contributed by atoms with Crippen LogP contribution in [0.25, 0.3) is 0 Å². The number of hydrogen-bond donors (Lipinski definition) is 2. The second-order valence-electron chi connectivity index (χ2n) is 4.43. The van der Waals surface area contributed by atoms with E-state index in [1.165, 1.54) is 11.3 Å². The van der Waals surface area contributed by atoms with Gasteiger partial charge in [0, 0.05) is 10.9 Å². The van der Waals surface area contributed by atoms with E-state index in [4.69, 9.17) is 5.11 Å². The largest absolute Gasteiger partial charge is 0.384 e. The average molecular weight is 285 g/mol. The highest BCUT2D eigenvalue weighted by Gasteiger charge is 2.11. The van der Waals surface area contributed by atoms with Crippen LogP contribution in [0.2, 0.25) is 0 Å². The van der Waals surface area contributed by atoms with Gasteiger partial charge >= 0.3 is 0 Å². The molecule has 0 unspecified atom stereocenters. The van der Waals surface area contributed by atoms with Crippen molar-refractivity contribution in [2.45, 2.75) is 13.8 Å². The number of anilines is 1. The lowest BCUT2D eigenvalue weighted by molar-refractivity contribution is 0.102. The molecule has 3 nitrogen and oxygen atoms in total. The fourth-order valence-corrected chi connectivity index (χ4v) is 2.62. The molecule has 1 heterocycles. The molecule has 0 aliphatic rings. The Hall–Kier alpha value is -2.09. The van der Waals surface area contributed by atoms with Crippen LogP contribution in [0.3, 0.4) is 0 Å². The number of aryl methyl sites for hydroxylation is 2. The molecule has 0 bridgehead atoms. The minimum atomic E-state index is -0.203. The summed E-state index contributed by atoms with van der Waals surface area (Å²) in [6.45, 7) is 3.66. The van der Waals surface area contributed by atoms with Gasteiger partial charge in [-0.05, 0) is 42.5 Å². The van der Waals surface area contributed by atoms with Gasteiger partial charge in [0.15, 0.2) is 0 Å². The Kier molecular flexibility index (Phi) is 4.57. The molecule has 4 heteroatoms. The topological polar surface area (TPSA) is 49.3 Å². The van der Waals surface area contributed by atoms with Crippen molar-refractivity contribution < 1.29 is 9.90 Å². The van der Waals surface area contributed by atoms with Gasteiger partial charge in [-0.2, -0.15) is 11.3 Å². The quantitative estimate of drug-likeness (QED) is 0.833. The molecule has 0 spiro atoms. The average Bonchev–Trinajstić information content (AvgIpc) is 2.84. The molecular formula is C16H15NO2S. The number of thiophene rings is 1. The molecule has 102 valence electrons. The van der Waals surface area contributed by atoms with Crippen LogP contribution in [0.15, 0.2) is 29.0 Å². The number of benzene rings is 1. The van der Waals surface area contributed by atoms with Crippen LogP contribution in [0.5, 0.6) is 0 Å². The Morgan fingerprint density at radius 1 is 1.35 bits per heavy atom. The standard InChI is InChI=1S/C16H15NO2S/c1-11-5-6-13(4-3-7-18)15(8-11)17-16(19)14-10-20-9-12(14)2/h5-6,8-10,18H,7H2,1-2H3,(H,17,19). The Balaban J connectivity index is 2.31. The van der Waals surface area contributed by atoms with Crippen molar-refractivity contribution in [2.75, 3.05) is 11.9 Å². The first kappa shape index (κ1) is 14.3. The van der Waals surface area contributed by atoms with E-state index in [1.54, 1.807) is 0 Å². The van der Waals surface area contributed by atoms with Crippen molar-refractivity contribution in [1.29, 1.82) is 0 Å². The third-order valence-electron chi connectivity index (χ3n) is 2.83. The molecular weight excluding hydrogens is 270 g/mol. The second kappa shape index (κ2) is 6.38. The first-order valence-corrected chi connectivity index (χ1v) is 7.10. The summed E-state index contributed by atoms with van der Waals surface area (Å²) in [5.41, 5.74) is 4.05. The molecule has 1 aromatic carbocycles. The maximum absolute atomic E-state index is 12.2. The van der Waals surface area contributed by atoms with E-state index in [1.807, 2.05) is 42.8 Å². The van der Waals surface area contributed by atoms with Crippen molar-refractivity contribution in [2.24, 2.45) is 0 Å². The lowest BCUT2D eigenvalue weighted by Gasteiger charge is -2.08. The molecule has 0 aliphatic carbocycles. The lowest BCUT2D eigenvalue weighted by Crippen LogP contribution is -2.13. The van der Waals surface area contributed by atoms with Gasteiger partial charge in [0.1, 0.15) is 6.61 Å². The Morgan fingerprint density at radius 3 is 2.80 bits per heavy atom. The molecule has 20 heavy (non-hydrogen) atoms. The first-order chi connectivity index (χ1) is 9.61. The van der Waals surface area contributed by atoms with Crippen LogP contribution >= 0.6 is 11.3 Å². The Labute approximate surface area is 122 Å². The van der Waals surface area contributed by atoms with Gasteiger partial charge in [0.25, 0.3) is 5.91 Å². The molecule has 0 radical (unpaired) electrons. The Bertz CT molecular complexity index is 692. The van der Waals surface area contributed by atoms with Crippen LogP contribution in [0, 0.1) is 25.7 Å². The summed E-state index contributed by atoms with van der Waals surface area (Å²) >= 11 is 1.50. The van der Waals surface area contributed by atoms with Crippen molar-refractivity contribution >= 4 is 22.9 Å². The van der Waals surface area contributed by atoms with Crippen LogP contribution in [0.4, 0.5) is 5.69 Å². The maximum atomic E-state index is 12.2. The van der Waals surface area contributed by atoms with Gasteiger partial charge in [0.05, 0.1) is 11.3 Å². The van der Waals surface area contributed by atoms with Gasteiger partial charge in [-0.1, -0.05) is 17.9 Å². The molecule has 1 aromatic heterocycles. The van der Waals surface area contributed by atoms with Crippen LogP contribution in [-0.4, -0.2) is 17.6 Å². The monoisotopic (exact) mass is 285 g/mol. The molecule has 0 atom stereocenters. The Morgan fingerprint density at radius 2 is 2.15 bits per heavy atom. The number of aliphatic hydroxyl groups excluding tert-OH is 1. The minimum Gasteiger partial charge on any atom is -0.384 e. The van der Waals surface area contributed by atoms with Gasteiger partial charge in [-0.25, -0.2) is 0 Å². The number of nitrogens with one attached hydrogen (secondary N) is 1. The fraction of sp³-hybridized carbons (Fsp3) is 0.188. The third-order valence-corrected chi connectivity index (χ3v) is 3.69. The predicted octanol–water partition coefficient (Wildman–Crippen LogP) is 2.96. The van der Waals surface area contributed by atoms with E-state index < -0.39 is 0 Å².